The average Bonchev–Trinajstić information content (AvgIpc) is 2.73. The number of fused-ring (bicyclic) bond motifs is 2. The highest BCUT2D eigenvalue weighted by Crippen LogP contribution is 2.34. The van der Waals surface area contributed by atoms with Gasteiger partial charge in [0.1, 0.15) is 0 Å². The molecule has 2 bridgehead atoms. The summed E-state index contributed by atoms with van der Waals surface area (Å²) in [5, 5.41) is 16.7. The van der Waals surface area contributed by atoms with E-state index in [2.05, 4.69) is 41.0 Å². The molecule has 2 saturated heterocycles. The molecule has 0 unspecified atom stereocenters. The lowest BCUT2D eigenvalue weighted by atomic mass is 9.81. The second-order valence-electron chi connectivity index (χ2n) is 5.67. The van der Waals surface area contributed by atoms with Gasteiger partial charge in [0.05, 0.1) is 0 Å². The summed E-state index contributed by atoms with van der Waals surface area (Å²) in [6, 6.07) is 11.7. The van der Waals surface area contributed by atoms with Crippen molar-refractivity contribution >= 4 is 0 Å². The lowest BCUT2D eigenvalue weighted by molar-refractivity contribution is 0.169. The van der Waals surface area contributed by atoms with Crippen molar-refractivity contribution in [3.05, 3.63) is 35.9 Å². The van der Waals surface area contributed by atoms with Crippen molar-refractivity contribution in [3.63, 3.8) is 0 Å². The van der Waals surface area contributed by atoms with Gasteiger partial charge in [-0.2, -0.15) is 0 Å². The highest BCUT2D eigenvalue weighted by Gasteiger charge is 2.47. The quantitative estimate of drug-likeness (QED) is 0.745. The van der Waals surface area contributed by atoms with Gasteiger partial charge >= 0.3 is 0 Å². The van der Waals surface area contributed by atoms with Crippen LogP contribution in [0.5, 0.6) is 0 Å². The van der Waals surface area contributed by atoms with E-state index in [0.717, 1.165) is 19.4 Å². The third-order valence-electron chi connectivity index (χ3n) is 4.49. The number of hydrogen-bond acceptors (Lipinski definition) is 3. The number of hydrogen-bond donors (Lipinski definition) is 3. The molecule has 0 saturated carbocycles. The number of benzene rings is 1. The van der Waals surface area contributed by atoms with Gasteiger partial charge in [-0.3, -0.25) is 0 Å². The minimum Gasteiger partial charge on any atom is -0.396 e. The van der Waals surface area contributed by atoms with Crippen LogP contribution in [0.25, 0.3) is 0 Å². The van der Waals surface area contributed by atoms with E-state index in [-0.39, 0.29) is 12.1 Å². The summed E-state index contributed by atoms with van der Waals surface area (Å²) in [6.07, 6.45) is 4.36. The van der Waals surface area contributed by atoms with E-state index in [1.807, 2.05) is 0 Å². The molecular formula is C15H22N2O. The first kappa shape index (κ1) is 12.2. The van der Waals surface area contributed by atoms with Gasteiger partial charge in [-0.05, 0) is 31.2 Å². The van der Waals surface area contributed by atoms with Crippen LogP contribution in [-0.4, -0.2) is 35.9 Å². The van der Waals surface area contributed by atoms with E-state index in [1.165, 1.54) is 18.4 Å². The Bertz CT molecular complexity index is 395. The Kier molecular flexibility index (Phi) is 3.37. The minimum atomic E-state index is 0.146. The molecule has 0 amide bonds. The SMILES string of the molecule is OCC[C@H]1NC[C@@H]2CC[C@]1(Cc1ccccc1)N2. The van der Waals surface area contributed by atoms with Gasteiger partial charge in [-0.25, -0.2) is 0 Å². The van der Waals surface area contributed by atoms with Crippen LogP contribution >= 0.6 is 0 Å². The summed E-state index contributed by atoms with van der Waals surface area (Å²) in [5.41, 5.74) is 1.53. The van der Waals surface area contributed by atoms with E-state index in [4.69, 9.17) is 0 Å². The lowest BCUT2D eigenvalue weighted by Gasteiger charge is -2.43. The fourth-order valence-corrected chi connectivity index (χ4v) is 3.62. The molecule has 2 aliphatic rings. The van der Waals surface area contributed by atoms with Crippen LogP contribution in [0.4, 0.5) is 0 Å². The Morgan fingerprint density at radius 2 is 2.11 bits per heavy atom. The molecule has 3 heteroatoms. The molecule has 0 radical (unpaired) electrons. The van der Waals surface area contributed by atoms with Gasteiger partial charge in [0.2, 0.25) is 0 Å². The van der Waals surface area contributed by atoms with Crippen LogP contribution in [0.3, 0.4) is 0 Å². The van der Waals surface area contributed by atoms with Crippen molar-refractivity contribution in [3.8, 4) is 0 Å². The highest BCUT2D eigenvalue weighted by atomic mass is 16.3. The Balaban J connectivity index is 1.81. The molecule has 2 aliphatic heterocycles. The van der Waals surface area contributed by atoms with E-state index < -0.39 is 0 Å². The monoisotopic (exact) mass is 246 g/mol. The molecule has 3 nitrogen and oxygen atoms in total. The van der Waals surface area contributed by atoms with Gasteiger partial charge in [-0.15, -0.1) is 0 Å². The number of aliphatic hydroxyl groups is 1. The van der Waals surface area contributed by atoms with E-state index in [1.54, 1.807) is 0 Å². The second-order valence-corrected chi connectivity index (χ2v) is 5.67. The van der Waals surface area contributed by atoms with Crippen molar-refractivity contribution in [2.24, 2.45) is 0 Å². The predicted molar refractivity (Wildman–Crippen MR) is 72.5 cm³/mol. The Morgan fingerprint density at radius 3 is 2.89 bits per heavy atom. The summed E-state index contributed by atoms with van der Waals surface area (Å²) in [6.45, 7) is 1.31. The van der Waals surface area contributed by atoms with E-state index in [9.17, 15) is 5.11 Å². The molecule has 0 aromatic heterocycles. The van der Waals surface area contributed by atoms with Crippen LogP contribution in [0.15, 0.2) is 30.3 Å². The largest absolute Gasteiger partial charge is 0.396 e. The molecule has 0 spiro atoms. The fraction of sp³-hybridized carbons (Fsp3) is 0.600. The third-order valence-corrected chi connectivity index (χ3v) is 4.49. The van der Waals surface area contributed by atoms with Crippen LogP contribution in [-0.2, 0) is 6.42 Å². The topological polar surface area (TPSA) is 44.3 Å². The summed E-state index contributed by atoms with van der Waals surface area (Å²) in [5.74, 6) is 0. The maximum Gasteiger partial charge on any atom is 0.0446 e. The summed E-state index contributed by atoms with van der Waals surface area (Å²) >= 11 is 0. The molecule has 18 heavy (non-hydrogen) atoms. The molecule has 1 aromatic carbocycles. The first-order valence-corrected chi connectivity index (χ1v) is 6.98. The van der Waals surface area contributed by atoms with Crippen LogP contribution in [0, 0.1) is 0 Å². The summed E-state index contributed by atoms with van der Waals surface area (Å²) in [7, 11) is 0. The zero-order valence-electron chi connectivity index (χ0n) is 10.7. The molecule has 1 aromatic rings. The van der Waals surface area contributed by atoms with Gasteiger partial charge in [0.25, 0.3) is 0 Å². The van der Waals surface area contributed by atoms with E-state index in [0.29, 0.717) is 12.1 Å². The van der Waals surface area contributed by atoms with Gasteiger partial charge in [0, 0.05) is 30.8 Å². The minimum absolute atomic E-state index is 0.146. The zero-order valence-corrected chi connectivity index (χ0v) is 10.7. The fourth-order valence-electron chi connectivity index (χ4n) is 3.62. The Labute approximate surface area is 109 Å². The molecule has 3 rings (SSSR count). The first-order chi connectivity index (χ1) is 8.82. The van der Waals surface area contributed by atoms with Crippen LogP contribution < -0.4 is 10.6 Å². The van der Waals surface area contributed by atoms with Crippen molar-refractivity contribution < 1.29 is 5.11 Å². The van der Waals surface area contributed by atoms with Crippen molar-refractivity contribution in [2.45, 2.75) is 43.3 Å². The predicted octanol–water partition coefficient (Wildman–Crippen LogP) is 1.07. The second kappa shape index (κ2) is 5.00. The van der Waals surface area contributed by atoms with Crippen LogP contribution in [0.2, 0.25) is 0 Å². The van der Waals surface area contributed by atoms with Gasteiger partial charge in [0.15, 0.2) is 0 Å². The first-order valence-electron chi connectivity index (χ1n) is 6.98. The maximum absolute atomic E-state index is 9.26. The van der Waals surface area contributed by atoms with Gasteiger partial charge in [-0.1, -0.05) is 30.3 Å². The molecule has 2 fully saturated rings. The highest BCUT2D eigenvalue weighted by molar-refractivity contribution is 5.22. The zero-order chi connectivity index (χ0) is 12.4. The van der Waals surface area contributed by atoms with Gasteiger partial charge < -0.3 is 15.7 Å². The molecule has 0 aliphatic carbocycles. The molecule has 3 N–H and O–H groups in total. The maximum atomic E-state index is 9.26. The normalized spacial score (nSPS) is 34.7. The number of nitrogens with one attached hydrogen (secondary N) is 2. The Hall–Kier alpha value is -0.900. The molecule has 2 heterocycles. The number of piperazine rings is 1. The van der Waals surface area contributed by atoms with Crippen molar-refractivity contribution in [2.75, 3.05) is 13.2 Å². The smallest absolute Gasteiger partial charge is 0.0446 e. The Morgan fingerprint density at radius 1 is 1.28 bits per heavy atom. The average molecular weight is 246 g/mol. The molecule has 98 valence electrons. The summed E-state index contributed by atoms with van der Waals surface area (Å²) < 4.78 is 0. The summed E-state index contributed by atoms with van der Waals surface area (Å²) in [4.78, 5) is 0. The van der Waals surface area contributed by atoms with Crippen molar-refractivity contribution in [1.29, 1.82) is 0 Å². The van der Waals surface area contributed by atoms with E-state index >= 15 is 0 Å². The number of rotatable bonds is 4. The number of aliphatic hydroxyl groups excluding tert-OH is 1. The lowest BCUT2D eigenvalue weighted by Crippen LogP contribution is -2.65. The third kappa shape index (κ3) is 2.18. The molecule has 3 atom stereocenters. The van der Waals surface area contributed by atoms with Crippen LogP contribution in [0.1, 0.15) is 24.8 Å². The standard InChI is InChI=1S/C15H22N2O/c18-9-7-14-15(8-6-13(17-15)11-16-14)10-12-4-2-1-3-5-12/h1-5,13-14,16-18H,6-11H2/t13-,14+,15+/m0/s1. The molecular weight excluding hydrogens is 224 g/mol. The van der Waals surface area contributed by atoms with Crippen molar-refractivity contribution in [1.82, 2.24) is 10.6 Å².